The fourth-order valence-corrected chi connectivity index (χ4v) is 2.89. The molecule has 112 valence electrons. The van der Waals surface area contributed by atoms with Crippen molar-refractivity contribution in [2.45, 2.75) is 33.1 Å². The summed E-state index contributed by atoms with van der Waals surface area (Å²) in [6.07, 6.45) is 1.96. The Bertz CT molecular complexity index is 827. The summed E-state index contributed by atoms with van der Waals surface area (Å²) in [5.74, 6) is 0.450. The van der Waals surface area contributed by atoms with Gasteiger partial charge >= 0.3 is 0 Å². The summed E-state index contributed by atoms with van der Waals surface area (Å²) in [4.78, 5) is 15.1. The second kappa shape index (κ2) is 5.80. The molecule has 0 spiro atoms. The topological polar surface area (TPSA) is 32.9 Å². The van der Waals surface area contributed by atoms with E-state index in [0.29, 0.717) is 5.92 Å². The van der Waals surface area contributed by atoms with Gasteiger partial charge in [0.1, 0.15) is 0 Å². The maximum Gasteiger partial charge on any atom is 0.152 e. The zero-order valence-electron chi connectivity index (χ0n) is 13.3. The van der Waals surface area contributed by atoms with Gasteiger partial charge in [0.05, 0.1) is 5.69 Å². The van der Waals surface area contributed by atoms with Crippen LogP contribution in [0.5, 0.6) is 0 Å². The lowest BCUT2D eigenvalue weighted by Crippen LogP contribution is -1.88. The van der Waals surface area contributed by atoms with Gasteiger partial charge in [0, 0.05) is 16.5 Å². The smallest absolute Gasteiger partial charge is 0.152 e. The van der Waals surface area contributed by atoms with Crippen LogP contribution in [0.1, 0.15) is 48.2 Å². The molecule has 3 rings (SSSR count). The standard InChI is InChI=1S/C20H21NO/c1-4-14-6-5-7-16(10-14)20-18(12-22)17-11-15(13(2)3)8-9-19(17)21-20/h5-13,21H,4H2,1-3H3. The van der Waals surface area contributed by atoms with Crippen LogP contribution in [-0.2, 0) is 6.42 Å². The zero-order valence-corrected chi connectivity index (χ0v) is 13.3. The molecular weight excluding hydrogens is 270 g/mol. The van der Waals surface area contributed by atoms with Crippen LogP contribution in [0.2, 0.25) is 0 Å². The third-order valence-electron chi connectivity index (χ3n) is 4.27. The second-order valence-electron chi connectivity index (χ2n) is 6.05. The molecule has 0 aliphatic carbocycles. The summed E-state index contributed by atoms with van der Waals surface area (Å²) in [7, 11) is 0. The fraction of sp³-hybridized carbons (Fsp3) is 0.250. The highest BCUT2D eigenvalue weighted by atomic mass is 16.1. The quantitative estimate of drug-likeness (QED) is 0.647. The van der Waals surface area contributed by atoms with Gasteiger partial charge in [-0.3, -0.25) is 4.79 Å². The number of benzene rings is 2. The number of rotatable bonds is 4. The highest BCUT2D eigenvalue weighted by Crippen LogP contribution is 2.31. The van der Waals surface area contributed by atoms with E-state index in [2.05, 4.69) is 62.2 Å². The van der Waals surface area contributed by atoms with Crippen LogP contribution in [0.4, 0.5) is 0 Å². The van der Waals surface area contributed by atoms with E-state index in [-0.39, 0.29) is 0 Å². The van der Waals surface area contributed by atoms with E-state index in [1.54, 1.807) is 0 Å². The number of fused-ring (bicyclic) bond motifs is 1. The number of carbonyl (C=O) groups excluding carboxylic acids is 1. The number of carbonyl (C=O) groups is 1. The summed E-state index contributed by atoms with van der Waals surface area (Å²) in [6.45, 7) is 6.47. The van der Waals surface area contributed by atoms with Crippen molar-refractivity contribution in [1.82, 2.24) is 4.98 Å². The predicted octanol–water partition coefficient (Wildman–Crippen LogP) is 5.33. The second-order valence-corrected chi connectivity index (χ2v) is 6.05. The Morgan fingerprint density at radius 2 is 1.95 bits per heavy atom. The van der Waals surface area contributed by atoms with Crippen molar-refractivity contribution >= 4 is 17.2 Å². The molecule has 0 aliphatic rings. The number of H-pyrrole nitrogens is 1. The Morgan fingerprint density at radius 1 is 1.14 bits per heavy atom. The Morgan fingerprint density at radius 3 is 2.64 bits per heavy atom. The van der Waals surface area contributed by atoms with Gasteiger partial charge in [0.2, 0.25) is 0 Å². The lowest BCUT2D eigenvalue weighted by atomic mass is 9.99. The minimum atomic E-state index is 0.450. The van der Waals surface area contributed by atoms with Crippen molar-refractivity contribution in [1.29, 1.82) is 0 Å². The number of aromatic amines is 1. The van der Waals surface area contributed by atoms with E-state index >= 15 is 0 Å². The van der Waals surface area contributed by atoms with Crippen molar-refractivity contribution in [3.63, 3.8) is 0 Å². The average molecular weight is 291 g/mol. The van der Waals surface area contributed by atoms with Gasteiger partial charge in [-0.05, 0) is 47.2 Å². The summed E-state index contributed by atoms with van der Waals surface area (Å²) in [6, 6.07) is 14.7. The normalized spacial score (nSPS) is 11.3. The van der Waals surface area contributed by atoms with E-state index in [1.165, 1.54) is 11.1 Å². The van der Waals surface area contributed by atoms with Crippen LogP contribution in [0, 0.1) is 0 Å². The third-order valence-corrected chi connectivity index (χ3v) is 4.27. The number of aromatic nitrogens is 1. The predicted molar refractivity (Wildman–Crippen MR) is 92.6 cm³/mol. The van der Waals surface area contributed by atoms with Gasteiger partial charge < -0.3 is 4.98 Å². The molecule has 0 bridgehead atoms. The molecule has 2 nitrogen and oxygen atoms in total. The fourth-order valence-electron chi connectivity index (χ4n) is 2.89. The van der Waals surface area contributed by atoms with E-state index in [0.717, 1.165) is 40.4 Å². The summed E-state index contributed by atoms with van der Waals surface area (Å²) in [5.41, 5.74) is 6.29. The van der Waals surface area contributed by atoms with Gasteiger partial charge in [-0.25, -0.2) is 0 Å². The molecule has 22 heavy (non-hydrogen) atoms. The van der Waals surface area contributed by atoms with Crippen molar-refractivity contribution in [3.8, 4) is 11.3 Å². The third kappa shape index (κ3) is 2.45. The van der Waals surface area contributed by atoms with Gasteiger partial charge in [-0.1, -0.05) is 45.0 Å². The van der Waals surface area contributed by atoms with Crippen LogP contribution in [-0.4, -0.2) is 11.3 Å². The molecule has 0 atom stereocenters. The molecule has 0 unspecified atom stereocenters. The molecule has 0 aliphatic heterocycles. The Hall–Kier alpha value is -2.35. The van der Waals surface area contributed by atoms with Crippen LogP contribution >= 0.6 is 0 Å². The maximum absolute atomic E-state index is 11.7. The molecule has 0 saturated heterocycles. The van der Waals surface area contributed by atoms with Gasteiger partial charge in [-0.15, -0.1) is 0 Å². The first-order valence-electron chi connectivity index (χ1n) is 7.84. The lowest BCUT2D eigenvalue weighted by molar-refractivity contribution is 0.112. The van der Waals surface area contributed by atoms with Gasteiger partial charge in [-0.2, -0.15) is 0 Å². The number of hydrogen-bond acceptors (Lipinski definition) is 1. The van der Waals surface area contributed by atoms with Crippen molar-refractivity contribution in [3.05, 3.63) is 59.2 Å². The van der Waals surface area contributed by atoms with Crippen LogP contribution in [0.15, 0.2) is 42.5 Å². The summed E-state index contributed by atoms with van der Waals surface area (Å²) < 4.78 is 0. The first kappa shape index (κ1) is 14.6. The van der Waals surface area contributed by atoms with Crippen LogP contribution in [0.3, 0.4) is 0 Å². The molecular formula is C20H21NO. The first-order chi connectivity index (χ1) is 10.6. The molecule has 1 aromatic heterocycles. The summed E-state index contributed by atoms with van der Waals surface area (Å²) >= 11 is 0. The number of aldehydes is 1. The van der Waals surface area contributed by atoms with E-state index in [1.807, 2.05) is 6.07 Å². The molecule has 3 aromatic rings. The van der Waals surface area contributed by atoms with Crippen molar-refractivity contribution in [2.75, 3.05) is 0 Å². The van der Waals surface area contributed by atoms with E-state index in [9.17, 15) is 4.79 Å². The maximum atomic E-state index is 11.7. The van der Waals surface area contributed by atoms with Crippen LogP contribution in [0.25, 0.3) is 22.2 Å². The Kier molecular flexibility index (Phi) is 3.84. The Balaban J connectivity index is 2.23. The largest absolute Gasteiger partial charge is 0.354 e. The molecule has 1 heterocycles. The van der Waals surface area contributed by atoms with Crippen LogP contribution < -0.4 is 0 Å². The zero-order chi connectivity index (χ0) is 15.7. The van der Waals surface area contributed by atoms with Crippen molar-refractivity contribution < 1.29 is 4.79 Å². The minimum absolute atomic E-state index is 0.450. The highest BCUT2D eigenvalue weighted by Gasteiger charge is 2.14. The first-order valence-corrected chi connectivity index (χ1v) is 7.84. The SMILES string of the molecule is CCc1cccc(-c2[nH]c3ccc(C(C)C)cc3c2C=O)c1. The number of aryl methyl sites for hydroxylation is 1. The lowest BCUT2D eigenvalue weighted by Gasteiger charge is -2.04. The van der Waals surface area contributed by atoms with E-state index in [4.69, 9.17) is 0 Å². The molecule has 0 amide bonds. The number of nitrogens with one attached hydrogen (secondary N) is 1. The average Bonchev–Trinajstić information content (AvgIpc) is 2.92. The Labute approximate surface area is 131 Å². The molecule has 0 radical (unpaired) electrons. The molecule has 2 aromatic carbocycles. The molecule has 0 fully saturated rings. The van der Waals surface area contributed by atoms with E-state index < -0.39 is 0 Å². The molecule has 0 saturated carbocycles. The van der Waals surface area contributed by atoms with Gasteiger partial charge in [0.25, 0.3) is 0 Å². The number of hydrogen-bond donors (Lipinski definition) is 1. The monoisotopic (exact) mass is 291 g/mol. The molecule has 2 heteroatoms. The van der Waals surface area contributed by atoms with Gasteiger partial charge in [0.15, 0.2) is 6.29 Å². The van der Waals surface area contributed by atoms with Crippen molar-refractivity contribution in [2.24, 2.45) is 0 Å². The molecule has 1 N–H and O–H groups in total. The minimum Gasteiger partial charge on any atom is -0.354 e. The summed E-state index contributed by atoms with van der Waals surface area (Å²) in [5, 5.41) is 1.01. The highest BCUT2D eigenvalue weighted by molar-refractivity contribution is 6.04.